The van der Waals surface area contributed by atoms with E-state index < -0.39 is 0 Å². The Kier molecular flexibility index (Phi) is 3.11. The van der Waals surface area contributed by atoms with Crippen molar-refractivity contribution in [1.82, 2.24) is 0 Å². The molecule has 2 aliphatic carbocycles. The molecule has 3 rings (SSSR count). The molecule has 0 aliphatic heterocycles. The van der Waals surface area contributed by atoms with Gasteiger partial charge in [-0.05, 0) is 31.4 Å². The van der Waals surface area contributed by atoms with Crippen LogP contribution in [0.15, 0.2) is 41.6 Å². The summed E-state index contributed by atoms with van der Waals surface area (Å²) >= 11 is 0. The first kappa shape index (κ1) is 11.8. The molecule has 2 saturated carbocycles. The number of hydrogen-bond acceptors (Lipinski definition) is 1. The molecule has 2 fully saturated rings. The standard InChI is InChI=1S/C17H20O/c1-2-18-17-13-7-6-10-15(17)16(17)12-11-14-8-4-3-5-9-14/h3-5,8-9,11,15H,2,6-7,10,13H2,1H3. The van der Waals surface area contributed by atoms with Gasteiger partial charge in [0.25, 0.3) is 0 Å². The Balaban J connectivity index is 1.86. The molecule has 2 atom stereocenters. The third kappa shape index (κ3) is 1.94. The second-order valence-electron chi connectivity index (χ2n) is 5.23. The normalized spacial score (nSPS) is 29.4. The molecule has 18 heavy (non-hydrogen) atoms. The van der Waals surface area contributed by atoms with Crippen molar-refractivity contribution < 1.29 is 4.74 Å². The van der Waals surface area contributed by atoms with Crippen molar-refractivity contribution in [3.63, 3.8) is 0 Å². The van der Waals surface area contributed by atoms with Crippen LogP contribution in [0.3, 0.4) is 0 Å². The number of hydrogen-bond donors (Lipinski definition) is 0. The van der Waals surface area contributed by atoms with Crippen LogP contribution in [0.1, 0.15) is 38.2 Å². The van der Waals surface area contributed by atoms with Gasteiger partial charge in [-0.1, -0.05) is 43.2 Å². The third-order valence-electron chi connectivity index (χ3n) is 4.17. The lowest BCUT2D eigenvalue weighted by atomic mass is 9.98. The van der Waals surface area contributed by atoms with Gasteiger partial charge in [0, 0.05) is 18.1 Å². The summed E-state index contributed by atoms with van der Waals surface area (Å²) in [5, 5.41) is 0. The predicted octanol–water partition coefficient (Wildman–Crippen LogP) is 4.20. The lowest BCUT2D eigenvalue weighted by Crippen LogP contribution is -2.20. The van der Waals surface area contributed by atoms with Crippen LogP contribution in [0.4, 0.5) is 0 Å². The fraction of sp³-hybridized carbons (Fsp3) is 0.471. The minimum atomic E-state index is 0.0677. The second kappa shape index (κ2) is 4.76. The minimum Gasteiger partial charge on any atom is -0.370 e. The van der Waals surface area contributed by atoms with E-state index in [9.17, 15) is 0 Å². The van der Waals surface area contributed by atoms with Crippen molar-refractivity contribution in [1.29, 1.82) is 0 Å². The molecule has 0 amide bonds. The van der Waals surface area contributed by atoms with Crippen LogP contribution in [0.25, 0.3) is 6.08 Å². The Morgan fingerprint density at radius 3 is 2.94 bits per heavy atom. The van der Waals surface area contributed by atoms with E-state index in [0.717, 1.165) is 6.61 Å². The summed E-state index contributed by atoms with van der Waals surface area (Å²) in [6.45, 7) is 2.91. The molecule has 1 heteroatoms. The highest BCUT2D eigenvalue weighted by molar-refractivity contribution is 5.54. The highest BCUT2D eigenvalue weighted by Crippen LogP contribution is 2.60. The van der Waals surface area contributed by atoms with Gasteiger partial charge >= 0.3 is 0 Å². The van der Waals surface area contributed by atoms with E-state index >= 15 is 0 Å². The van der Waals surface area contributed by atoms with Gasteiger partial charge in [-0.15, -0.1) is 5.73 Å². The van der Waals surface area contributed by atoms with E-state index in [1.165, 1.54) is 36.8 Å². The van der Waals surface area contributed by atoms with Crippen molar-refractivity contribution in [2.24, 2.45) is 5.92 Å². The van der Waals surface area contributed by atoms with Crippen LogP contribution in [0.2, 0.25) is 0 Å². The molecule has 0 bridgehead atoms. The van der Waals surface area contributed by atoms with Gasteiger partial charge in [0.1, 0.15) is 5.60 Å². The summed E-state index contributed by atoms with van der Waals surface area (Å²) in [5.74, 6) is 0.645. The van der Waals surface area contributed by atoms with Gasteiger partial charge in [-0.25, -0.2) is 0 Å². The average Bonchev–Trinajstić information content (AvgIpc) is 3.05. The topological polar surface area (TPSA) is 9.23 Å². The lowest BCUT2D eigenvalue weighted by molar-refractivity contribution is 0.0181. The maximum atomic E-state index is 6.03. The number of benzene rings is 1. The van der Waals surface area contributed by atoms with Crippen molar-refractivity contribution in [2.45, 2.75) is 38.2 Å². The number of rotatable bonds is 3. The zero-order chi connectivity index (χ0) is 12.4. The second-order valence-corrected chi connectivity index (χ2v) is 5.23. The molecule has 2 unspecified atom stereocenters. The van der Waals surface area contributed by atoms with Crippen LogP contribution in [-0.4, -0.2) is 12.2 Å². The fourth-order valence-electron chi connectivity index (χ4n) is 3.28. The first-order valence-electron chi connectivity index (χ1n) is 7.03. The average molecular weight is 240 g/mol. The molecule has 1 nitrogen and oxygen atoms in total. The molecule has 0 heterocycles. The van der Waals surface area contributed by atoms with Crippen LogP contribution in [0.5, 0.6) is 0 Å². The summed E-state index contributed by atoms with van der Waals surface area (Å²) in [6, 6.07) is 10.4. The summed E-state index contributed by atoms with van der Waals surface area (Å²) in [7, 11) is 0. The molecule has 0 spiro atoms. The van der Waals surface area contributed by atoms with Crippen molar-refractivity contribution in [3.05, 3.63) is 47.2 Å². The zero-order valence-corrected chi connectivity index (χ0v) is 11.0. The number of ether oxygens (including phenoxy) is 1. The lowest BCUT2D eigenvalue weighted by Gasteiger charge is -2.20. The Bertz CT molecular complexity index is 478. The highest BCUT2D eigenvalue weighted by atomic mass is 16.5. The molecule has 0 aromatic heterocycles. The Hall–Kier alpha value is -1.30. The van der Waals surface area contributed by atoms with E-state index in [4.69, 9.17) is 4.74 Å². The summed E-state index contributed by atoms with van der Waals surface area (Å²) in [5.41, 5.74) is 6.21. The van der Waals surface area contributed by atoms with Crippen LogP contribution in [0, 0.1) is 5.92 Å². The summed E-state index contributed by atoms with van der Waals surface area (Å²) in [6.07, 6.45) is 7.22. The third-order valence-corrected chi connectivity index (χ3v) is 4.17. The molecule has 2 aliphatic rings. The monoisotopic (exact) mass is 240 g/mol. The molecule has 0 N–H and O–H groups in total. The first-order chi connectivity index (χ1) is 8.87. The van der Waals surface area contributed by atoms with Gasteiger partial charge in [0.2, 0.25) is 0 Å². The van der Waals surface area contributed by atoms with Gasteiger partial charge in [0.15, 0.2) is 0 Å². The van der Waals surface area contributed by atoms with Crippen molar-refractivity contribution in [2.75, 3.05) is 6.61 Å². The fourth-order valence-corrected chi connectivity index (χ4v) is 3.28. The Morgan fingerprint density at radius 1 is 1.33 bits per heavy atom. The Labute approximate surface area is 109 Å². The highest BCUT2D eigenvalue weighted by Gasteiger charge is 2.61. The minimum absolute atomic E-state index is 0.0677. The summed E-state index contributed by atoms with van der Waals surface area (Å²) in [4.78, 5) is 0. The molecule has 0 saturated heterocycles. The van der Waals surface area contributed by atoms with Crippen LogP contribution >= 0.6 is 0 Å². The van der Waals surface area contributed by atoms with E-state index in [1.807, 2.05) is 6.07 Å². The van der Waals surface area contributed by atoms with Gasteiger partial charge in [-0.3, -0.25) is 0 Å². The maximum absolute atomic E-state index is 6.03. The zero-order valence-electron chi connectivity index (χ0n) is 11.0. The largest absolute Gasteiger partial charge is 0.370 e. The SMILES string of the molecule is CCOC12CCCCC1C2=C=Cc1ccccc1. The smallest absolute Gasteiger partial charge is 0.104 e. The summed E-state index contributed by atoms with van der Waals surface area (Å²) < 4.78 is 6.03. The van der Waals surface area contributed by atoms with Gasteiger partial charge in [0.05, 0.1) is 0 Å². The van der Waals surface area contributed by atoms with Crippen molar-refractivity contribution >= 4 is 6.08 Å². The molecule has 0 radical (unpaired) electrons. The predicted molar refractivity (Wildman–Crippen MR) is 74.2 cm³/mol. The molecular formula is C17H20O. The van der Waals surface area contributed by atoms with E-state index in [1.54, 1.807) is 0 Å². The van der Waals surface area contributed by atoms with Crippen LogP contribution in [-0.2, 0) is 4.74 Å². The van der Waals surface area contributed by atoms with Gasteiger partial charge in [-0.2, -0.15) is 0 Å². The van der Waals surface area contributed by atoms with E-state index in [-0.39, 0.29) is 5.60 Å². The van der Waals surface area contributed by atoms with Gasteiger partial charge < -0.3 is 4.74 Å². The quantitative estimate of drug-likeness (QED) is 0.719. The van der Waals surface area contributed by atoms with E-state index in [0.29, 0.717) is 5.92 Å². The van der Waals surface area contributed by atoms with E-state index in [2.05, 4.69) is 43.0 Å². The van der Waals surface area contributed by atoms with Crippen molar-refractivity contribution in [3.8, 4) is 0 Å². The molecule has 1 aromatic rings. The maximum Gasteiger partial charge on any atom is 0.104 e. The first-order valence-corrected chi connectivity index (χ1v) is 7.03. The molecule has 94 valence electrons. The molecule has 1 aromatic carbocycles. The Morgan fingerprint density at radius 2 is 2.17 bits per heavy atom. The number of fused-ring (bicyclic) bond motifs is 1. The van der Waals surface area contributed by atoms with Crippen LogP contribution < -0.4 is 0 Å². The molecular weight excluding hydrogens is 220 g/mol.